The maximum atomic E-state index is 12.8. The summed E-state index contributed by atoms with van der Waals surface area (Å²) >= 11 is 3.29. The molecule has 0 saturated carbocycles. The van der Waals surface area contributed by atoms with Crippen LogP contribution >= 0.6 is 22.7 Å². The molecule has 124 valence electrons. The van der Waals surface area contributed by atoms with Gasteiger partial charge in [-0.25, -0.2) is 9.78 Å². The number of urea groups is 1. The molecule has 3 aromatic heterocycles. The molecule has 2 amide bonds. The summed E-state index contributed by atoms with van der Waals surface area (Å²) in [5.41, 5.74) is 2.71. The Morgan fingerprint density at radius 3 is 3.17 bits per heavy atom. The van der Waals surface area contributed by atoms with Gasteiger partial charge in [-0.3, -0.25) is 5.10 Å². The summed E-state index contributed by atoms with van der Waals surface area (Å²) in [5, 5.41) is 14.8. The molecule has 1 aliphatic heterocycles. The van der Waals surface area contributed by atoms with Gasteiger partial charge in [0.2, 0.25) is 0 Å². The number of carbonyl (C=O) groups is 1. The third-order valence-electron chi connectivity index (χ3n) is 4.27. The lowest BCUT2D eigenvalue weighted by atomic mass is 9.98. The van der Waals surface area contributed by atoms with Crippen molar-refractivity contribution < 1.29 is 4.79 Å². The van der Waals surface area contributed by atoms with Gasteiger partial charge in [0.1, 0.15) is 10.7 Å². The Kier molecular flexibility index (Phi) is 4.07. The molecule has 1 unspecified atom stereocenters. The highest BCUT2D eigenvalue weighted by molar-refractivity contribution is 7.13. The highest BCUT2D eigenvalue weighted by Gasteiger charge is 2.30. The second kappa shape index (κ2) is 6.37. The molecule has 0 spiro atoms. The number of nitrogens with one attached hydrogen (secondary N) is 2. The van der Waals surface area contributed by atoms with Crippen molar-refractivity contribution in [1.82, 2.24) is 20.1 Å². The van der Waals surface area contributed by atoms with Crippen molar-refractivity contribution in [2.24, 2.45) is 0 Å². The largest absolute Gasteiger partial charge is 0.322 e. The Balaban J connectivity index is 1.56. The van der Waals surface area contributed by atoms with Crippen LogP contribution in [0.5, 0.6) is 0 Å². The maximum Gasteiger partial charge on any atom is 0.322 e. The van der Waals surface area contributed by atoms with Gasteiger partial charge in [-0.05, 0) is 29.9 Å². The van der Waals surface area contributed by atoms with Crippen LogP contribution in [0, 0.1) is 0 Å². The summed E-state index contributed by atoms with van der Waals surface area (Å²) in [4.78, 5) is 20.4. The van der Waals surface area contributed by atoms with Crippen molar-refractivity contribution in [3.05, 3.63) is 39.7 Å². The van der Waals surface area contributed by atoms with Gasteiger partial charge in [0, 0.05) is 23.0 Å². The number of H-pyrrole nitrogens is 1. The Hall–Kier alpha value is -2.19. The molecule has 4 heterocycles. The summed E-state index contributed by atoms with van der Waals surface area (Å²) in [5.74, 6) is 0. The molecule has 1 aliphatic rings. The van der Waals surface area contributed by atoms with Crippen molar-refractivity contribution in [3.63, 3.8) is 0 Å². The smallest absolute Gasteiger partial charge is 0.317 e. The zero-order valence-corrected chi connectivity index (χ0v) is 14.8. The summed E-state index contributed by atoms with van der Waals surface area (Å²) in [6.45, 7) is 2.86. The molecule has 24 heavy (non-hydrogen) atoms. The molecule has 1 atom stereocenters. The Bertz CT molecular complexity index is 838. The van der Waals surface area contributed by atoms with Gasteiger partial charge < -0.3 is 10.2 Å². The van der Waals surface area contributed by atoms with Gasteiger partial charge in [-0.15, -0.1) is 22.7 Å². The molecule has 8 heteroatoms. The Morgan fingerprint density at radius 2 is 2.38 bits per heavy atom. The first kappa shape index (κ1) is 15.3. The molecule has 6 nitrogen and oxygen atoms in total. The lowest BCUT2D eigenvalue weighted by Gasteiger charge is -2.35. The number of nitrogens with zero attached hydrogens (tertiary/aromatic N) is 3. The van der Waals surface area contributed by atoms with Gasteiger partial charge in [-0.1, -0.05) is 6.92 Å². The van der Waals surface area contributed by atoms with Crippen LogP contribution in [0.1, 0.15) is 29.8 Å². The fraction of sp³-hybridized carbons (Fsp3) is 0.312. The lowest BCUT2D eigenvalue weighted by molar-refractivity contribution is 0.181. The van der Waals surface area contributed by atoms with E-state index in [0.717, 1.165) is 30.1 Å². The topological polar surface area (TPSA) is 73.9 Å². The molecule has 2 N–H and O–H groups in total. The summed E-state index contributed by atoms with van der Waals surface area (Å²) in [6.07, 6.45) is 5.20. The van der Waals surface area contributed by atoms with E-state index in [0.29, 0.717) is 5.69 Å². The highest BCUT2D eigenvalue weighted by atomic mass is 32.1. The average Bonchev–Trinajstić information content (AvgIpc) is 3.33. The van der Waals surface area contributed by atoms with Gasteiger partial charge in [0.25, 0.3) is 0 Å². The lowest BCUT2D eigenvalue weighted by Crippen LogP contribution is -2.41. The van der Waals surface area contributed by atoms with Crippen molar-refractivity contribution in [2.45, 2.75) is 25.8 Å². The number of fused-ring (bicyclic) bond motifs is 1. The fourth-order valence-corrected chi connectivity index (χ4v) is 4.73. The first-order valence-electron chi connectivity index (χ1n) is 7.85. The van der Waals surface area contributed by atoms with Gasteiger partial charge >= 0.3 is 6.03 Å². The number of rotatable bonds is 3. The first-order valence-corrected chi connectivity index (χ1v) is 9.61. The van der Waals surface area contributed by atoms with E-state index >= 15 is 0 Å². The summed E-state index contributed by atoms with van der Waals surface area (Å²) in [7, 11) is 0. The monoisotopic (exact) mass is 359 g/mol. The second-order valence-corrected chi connectivity index (χ2v) is 7.49. The minimum atomic E-state index is -0.0853. The van der Waals surface area contributed by atoms with E-state index in [-0.39, 0.29) is 12.1 Å². The molecule has 0 aliphatic carbocycles. The number of aromatic amines is 1. The first-order chi connectivity index (χ1) is 11.8. The number of thiophene rings is 1. The standard InChI is InChI=1S/C16H17N5OS2/c1-2-12-10-4-7-23-13(10)3-6-21(12)16(22)19-11-9-18-20-14(11)15-17-5-8-24-15/h4-5,7-9,12H,2-3,6H2,1H3,(H,18,20)(H,19,22). The van der Waals surface area contributed by atoms with Crippen molar-refractivity contribution in [3.8, 4) is 10.7 Å². The zero-order chi connectivity index (χ0) is 16.5. The number of anilines is 1. The third-order valence-corrected chi connectivity index (χ3v) is 6.06. The molecule has 0 fully saturated rings. The van der Waals surface area contributed by atoms with Crippen LogP contribution in [0.25, 0.3) is 10.7 Å². The van der Waals surface area contributed by atoms with Crippen molar-refractivity contribution in [1.29, 1.82) is 0 Å². The van der Waals surface area contributed by atoms with Crippen molar-refractivity contribution in [2.75, 3.05) is 11.9 Å². The SMILES string of the molecule is CCC1c2ccsc2CCN1C(=O)Nc1cn[nH]c1-c1nccs1. The predicted molar refractivity (Wildman–Crippen MR) is 96.5 cm³/mol. The number of amides is 2. The second-order valence-electron chi connectivity index (χ2n) is 5.59. The average molecular weight is 359 g/mol. The molecular formula is C16H17N5OS2. The van der Waals surface area contributed by atoms with E-state index in [1.54, 1.807) is 23.7 Å². The quantitative estimate of drug-likeness (QED) is 0.738. The zero-order valence-electron chi connectivity index (χ0n) is 13.2. The number of carbonyl (C=O) groups excluding carboxylic acids is 1. The number of thiazole rings is 1. The minimum Gasteiger partial charge on any atom is -0.317 e. The van der Waals surface area contributed by atoms with E-state index in [1.165, 1.54) is 21.8 Å². The van der Waals surface area contributed by atoms with Gasteiger partial charge in [0.15, 0.2) is 0 Å². The van der Waals surface area contributed by atoms with E-state index in [4.69, 9.17) is 0 Å². The number of hydrogen-bond acceptors (Lipinski definition) is 5. The molecule has 0 radical (unpaired) electrons. The van der Waals surface area contributed by atoms with E-state index in [1.807, 2.05) is 10.3 Å². The third kappa shape index (κ3) is 2.61. The van der Waals surface area contributed by atoms with E-state index in [2.05, 4.69) is 38.9 Å². The van der Waals surface area contributed by atoms with Crippen LogP contribution in [0.15, 0.2) is 29.2 Å². The summed E-state index contributed by atoms with van der Waals surface area (Å²) in [6, 6.07) is 2.19. The maximum absolute atomic E-state index is 12.8. The van der Waals surface area contributed by atoms with Gasteiger partial charge in [-0.2, -0.15) is 5.10 Å². The molecule has 0 aromatic carbocycles. The number of hydrogen-bond donors (Lipinski definition) is 2. The molecule has 3 aromatic rings. The molecule has 4 rings (SSSR count). The van der Waals surface area contributed by atoms with Crippen LogP contribution in [0.3, 0.4) is 0 Å². The molecule has 0 saturated heterocycles. The van der Waals surface area contributed by atoms with Gasteiger partial charge in [0.05, 0.1) is 17.9 Å². The van der Waals surface area contributed by atoms with Crippen LogP contribution < -0.4 is 5.32 Å². The summed E-state index contributed by atoms with van der Waals surface area (Å²) < 4.78 is 0. The number of aromatic nitrogens is 3. The van der Waals surface area contributed by atoms with E-state index in [9.17, 15) is 4.79 Å². The Labute approximate surface area is 147 Å². The van der Waals surface area contributed by atoms with Crippen LogP contribution in [-0.4, -0.2) is 32.7 Å². The molecule has 0 bridgehead atoms. The van der Waals surface area contributed by atoms with Crippen LogP contribution in [0.2, 0.25) is 0 Å². The highest BCUT2D eigenvalue weighted by Crippen LogP contribution is 2.36. The van der Waals surface area contributed by atoms with E-state index < -0.39 is 0 Å². The molecular weight excluding hydrogens is 342 g/mol. The normalized spacial score (nSPS) is 16.9. The van der Waals surface area contributed by atoms with Crippen LogP contribution in [-0.2, 0) is 6.42 Å². The fourth-order valence-electron chi connectivity index (χ4n) is 3.16. The van der Waals surface area contributed by atoms with Crippen LogP contribution in [0.4, 0.5) is 10.5 Å². The van der Waals surface area contributed by atoms with Crippen molar-refractivity contribution >= 4 is 34.4 Å². The predicted octanol–water partition coefficient (Wildman–Crippen LogP) is 4.14. The Morgan fingerprint density at radius 1 is 1.46 bits per heavy atom. The minimum absolute atomic E-state index is 0.0853.